The van der Waals surface area contributed by atoms with Gasteiger partial charge in [0.05, 0.1) is 0 Å². The van der Waals surface area contributed by atoms with E-state index in [1.807, 2.05) is 18.2 Å². The molecular weight excluding hydrogens is 294 g/mol. The molecule has 23 heavy (non-hydrogen) atoms. The number of hydrogen-bond acceptors (Lipinski definition) is 4. The molecule has 1 saturated carbocycles. The normalized spacial score (nSPS) is 19.3. The first-order chi connectivity index (χ1) is 11.2. The molecule has 122 valence electrons. The van der Waals surface area contributed by atoms with Crippen LogP contribution in [0.4, 0.5) is 10.5 Å². The minimum atomic E-state index is -0.0947. The zero-order valence-corrected chi connectivity index (χ0v) is 13.0. The van der Waals surface area contributed by atoms with Crippen LogP contribution in [-0.2, 0) is 0 Å². The van der Waals surface area contributed by atoms with Crippen molar-refractivity contribution in [1.82, 2.24) is 9.88 Å². The second-order valence-corrected chi connectivity index (χ2v) is 6.55. The molecule has 0 radical (unpaired) electrons. The summed E-state index contributed by atoms with van der Waals surface area (Å²) in [4.78, 5) is 18.6. The van der Waals surface area contributed by atoms with Gasteiger partial charge < -0.3 is 19.7 Å². The number of likely N-dealkylation sites (tertiary alicyclic amines) is 1. The standard InChI is InChI=1S/C17H21N3O3/c21-10-11-5-7-20(8-6-11)17(22)18-13-3-4-14-15(9-13)23-16(19-14)12-1-2-12/h3-4,9,11-12,21H,1-2,5-8,10H2,(H,18,22). The molecule has 2 aromatic rings. The van der Waals surface area contributed by atoms with Crippen molar-refractivity contribution in [2.75, 3.05) is 25.0 Å². The number of benzene rings is 1. The number of urea groups is 1. The zero-order valence-electron chi connectivity index (χ0n) is 13.0. The lowest BCUT2D eigenvalue weighted by Crippen LogP contribution is -2.41. The van der Waals surface area contributed by atoms with Crippen LogP contribution < -0.4 is 5.32 Å². The maximum Gasteiger partial charge on any atom is 0.321 e. The first-order valence-corrected chi connectivity index (χ1v) is 8.30. The zero-order chi connectivity index (χ0) is 15.8. The van der Waals surface area contributed by atoms with Gasteiger partial charge in [-0.2, -0.15) is 0 Å². The van der Waals surface area contributed by atoms with Gasteiger partial charge in [-0.05, 0) is 43.7 Å². The second-order valence-electron chi connectivity index (χ2n) is 6.55. The summed E-state index contributed by atoms with van der Waals surface area (Å²) in [7, 11) is 0. The Kier molecular flexibility index (Phi) is 3.69. The van der Waals surface area contributed by atoms with Crippen LogP contribution in [0.2, 0.25) is 0 Å². The van der Waals surface area contributed by atoms with E-state index in [9.17, 15) is 4.79 Å². The van der Waals surface area contributed by atoms with Gasteiger partial charge in [-0.15, -0.1) is 0 Å². The molecule has 2 amide bonds. The van der Waals surface area contributed by atoms with E-state index >= 15 is 0 Å². The number of piperidine rings is 1. The van der Waals surface area contributed by atoms with Crippen molar-refractivity contribution < 1.29 is 14.3 Å². The summed E-state index contributed by atoms with van der Waals surface area (Å²) >= 11 is 0. The highest BCUT2D eigenvalue weighted by atomic mass is 16.3. The number of aliphatic hydroxyl groups is 1. The predicted octanol–water partition coefficient (Wildman–Crippen LogP) is 2.94. The predicted molar refractivity (Wildman–Crippen MR) is 86.4 cm³/mol. The van der Waals surface area contributed by atoms with Crippen LogP contribution in [0.25, 0.3) is 11.1 Å². The number of carbonyl (C=O) groups excluding carboxylic acids is 1. The van der Waals surface area contributed by atoms with Crippen LogP contribution in [0.1, 0.15) is 37.5 Å². The highest BCUT2D eigenvalue weighted by molar-refractivity contribution is 5.91. The number of hydrogen-bond donors (Lipinski definition) is 2. The van der Waals surface area contributed by atoms with Crippen LogP contribution in [0.5, 0.6) is 0 Å². The molecule has 0 atom stereocenters. The summed E-state index contributed by atoms with van der Waals surface area (Å²) in [6.07, 6.45) is 4.02. The summed E-state index contributed by atoms with van der Waals surface area (Å²) in [5.41, 5.74) is 2.29. The minimum Gasteiger partial charge on any atom is -0.440 e. The van der Waals surface area contributed by atoms with E-state index in [1.165, 1.54) is 0 Å². The lowest BCUT2D eigenvalue weighted by atomic mass is 9.98. The van der Waals surface area contributed by atoms with Crippen molar-refractivity contribution in [3.63, 3.8) is 0 Å². The molecule has 1 aliphatic carbocycles. The molecule has 1 aromatic heterocycles. The molecule has 1 saturated heterocycles. The van der Waals surface area contributed by atoms with Gasteiger partial charge in [0.2, 0.25) is 0 Å². The van der Waals surface area contributed by atoms with E-state index in [1.54, 1.807) is 4.90 Å². The summed E-state index contributed by atoms with van der Waals surface area (Å²) < 4.78 is 5.78. The van der Waals surface area contributed by atoms with Gasteiger partial charge in [-0.1, -0.05) is 0 Å². The number of aromatic nitrogens is 1. The number of nitrogens with zero attached hydrogens (tertiary/aromatic N) is 2. The molecule has 6 nitrogen and oxygen atoms in total. The van der Waals surface area contributed by atoms with Crippen LogP contribution in [0, 0.1) is 5.92 Å². The molecule has 0 unspecified atom stereocenters. The third-order valence-electron chi connectivity index (χ3n) is 4.74. The number of carbonyl (C=O) groups is 1. The van der Waals surface area contributed by atoms with Gasteiger partial charge in [0.25, 0.3) is 0 Å². The molecule has 2 heterocycles. The lowest BCUT2D eigenvalue weighted by Gasteiger charge is -2.31. The fraction of sp³-hybridized carbons (Fsp3) is 0.529. The summed E-state index contributed by atoms with van der Waals surface area (Å²) in [5.74, 6) is 1.62. The lowest BCUT2D eigenvalue weighted by molar-refractivity contribution is 0.143. The number of oxazole rings is 1. The van der Waals surface area contributed by atoms with Crippen molar-refractivity contribution in [1.29, 1.82) is 0 Å². The average molecular weight is 315 g/mol. The van der Waals surface area contributed by atoms with E-state index < -0.39 is 0 Å². The number of aliphatic hydroxyl groups excluding tert-OH is 1. The molecule has 0 bridgehead atoms. The third-order valence-corrected chi connectivity index (χ3v) is 4.74. The van der Waals surface area contributed by atoms with E-state index in [2.05, 4.69) is 10.3 Å². The second kappa shape index (κ2) is 5.85. The van der Waals surface area contributed by atoms with Crippen LogP contribution in [-0.4, -0.2) is 40.7 Å². The Balaban J connectivity index is 1.43. The van der Waals surface area contributed by atoms with Gasteiger partial charge in [0.1, 0.15) is 5.52 Å². The fourth-order valence-electron chi connectivity index (χ4n) is 3.05. The monoisotopic (exact) mass is 315 g/mol. The van der Waals surface area contributed by atoms with E-state index in [-0.39, 0.29) is 12.6 Å². The van der Waals surface area contributed by atoms with Gasteiger partial charge in [-0.3, -0.25) is 0 Å². The van der Waals surface area contributed by atoms with Gasteiger partial charge in [-0.25, -0.2) is 9.78 Å². The number of nitrogens with one attached hydrogen (secondary N) is 1. The topological polar surface area (TPSA) is 78.6 Å². The van der Waals surface area contributed by atoms with Crippen molar-refractivity contribution in [2.24, 2.45) is 5.92 Å². The van der Waals surface area contributed by atoms with E-state index in [4.69, 9.17) is 9.52 Å². The van der Waals surface area contributed by atoms with Crippen molar-refractivity contribution in [3.8, 4) is 0 Å². The molecule has 1 aliphatic heterocycles. The third kappa shape index (κ3) is 3.03. The smallest absolute Gasteiger partial charge is 0.321 e. The first kappa shape index (κ1) is 14.5. The molecule has 0 spiro atoms. The maximum absolute atomic E-state index is 12.3. The fourth-order valence-corrected chi connectivity index (χ4v) is 3.05. The van der Waals surface area contributed by atoms with Crippen LogP contribution >= 0.6 is 0 Å². The van der Waals surface area contributed by atoms with E-state index in [0.717, 1.165) is 48.4 Å². The molecule has 4 rings (SSSR count). The maximum atomic E-state index is 12.3. The van der Waals surface area contributed by atoms with Gasteiger partial charge in [0, 0.05) is 37.4 Å². The quantitative estimate of drug-likeness (QED) is 0.913. The van der Waals surface area contributed by atoms with Crippen LogP contribution in [0.15, 0.2) is 22.6 Å². The Bertz CT molecular complexity index is 715. The minimum absolute atomic E-state index is 0.0947. The Morgan fingerprint density at radius 1 is 1.30 bits per heavy atom. The molecule has 2 N–H and O–H groups in total. The highest BCUT2D eigenvalue weighted by Gasteiger charge is 2.29. The Hall–Kier alpha value is -2.08. The average Bonchev–Trinajstić information content (AvgIpc) is 3.34. The van der Waals surface area contributed by atoms with Gasteiger partial charge in [0.15, 0.2) is 11.5 Å². The molecule has 1 aromatic carbocycles. The molecular formula is C17H21N3O3. The molecule has 6 heteroatoms. The van der Waals surface area contributed by atoms with Crippen LogP contribution in [0.3, 0.4) is 0 Å². The summed E-state index contributed by atoms with van der Waals surface area (Å²) in [6.45, 7) is 1.59. The number of anilines is 1. The first-order valence-electron chi connectivity index (χ1n) is 8.30. The summed E-state index contributed by atoms with van der Waals surface area (Å²) in [6, 6.07) is 5.49. The molecule has 2 fully saturated rings. The molecule has 2 aliphatic rings. The van der Waals surface area contributed by atoms with Crippen molar-refractivity contribution in [3.05, 3.63) is 24.1 Å². The Labute approximate surface area is 134 Å². The highest BCUT2D eigenvalue weighted by Crippen LogP contribution is 2.40. The Morgan fingerprint density at radius 2 is 2.09 bits per heavy atom. The number of fused-ring (bicyclic) bond motifs is 1. The van der Waals surface area contributed by atoms with E-state index in [0.29, 0.717) is 24.9 Å². The van der Waals surface area contributed by atoms with Crippen molar-refractivity contribution >= 4 is 22.8 Å². The number of amides is 2. The number of rotatable bonds is 3. The van der Waals surface area contributed by atoms with Crippen molar-refractivity contribution in [2.45, 2.75) is 31.6 Å². The largest absolute Gasteiger partial charge is 0.440 e. The summed E-state index contributed by atoms with van der Waals surface area (Å²) in [5, 5.41) is 12.1. The van der Waals surface area contributed by atoms with Gasteiger partial charge >= 0.3 is 6.03 Å². The SMILES string of the molecule is O=C(Nc1ccc2nc(C3CC3)oc2c1)N1CCC(CO)CC1. The Morgan fingerprint density at radius 3 is 2.78 bits per heavy atom.